The molecule has 1 amide bonds. The monoisotopic (exact) mass is 337 g/mol. The Balaban J connectivity index is 1.67. The van der Waals surface area contributed by atoms with Gasteiger partial charge in [0.2, 0.25) is 0 Å². The van der Waals surface area contributed by atoms with Crippen LogP contribution in [0.4, 0.5) is 0 Å². The molecule has 7 heteroatoms. The largest absolute Gasteiger partial charge is 0.348 e. The number of amides is 1. The molecular formula is C18H19N5O2. The number of H-pyrrole nitrogens is 1. The number of nitrogens with zero attached hydrogens (tertiary/aromatic N) is 4. The lowest BCUT2D eigenvalue weighted by molar-refractivity contribution is 0.0702. The number of carbonyl (C=O) groups is 1. The number of nitrogens with one attached hydrogen (secondary N) is 1. The molecule has 0 bridgehead atoms. The SMILES string of the molecule is Cc1cccc2ncc(C(=O)N3CCC[C@H](c4ncc[nH]4)C3)c(=O)n12. The van der Waals surface area contributed by atoms with Crippen LogP contribution in [0.3, 0.4) is 0 Å². The summed E-state index contributed by atoms with van der Waals surface area (Å²) in [7, 11) is 0. The molecule has 25 heavy (non-hydrogen) atoms. The summed E-state index contributed by atoms with van der Waals surface area (Å²) in [5, 5.41) is 0. The van der Waals surface area contributed by atoms with E-state index < -0.39 is 0 Å². The second-order valence-corrected chi connectivity index (χ2v) is 6.40. The molecule has 1 saturated heterocycles. The van der Waals surface area contributed by atoms with Gasteiger partial charge in [0.05, 0.1) is 0 Å². The summed E-state index contributed by atoms with van der Waals surface area (Å²) in [6.07, 6.45) is 6.77. The van der Waals surface area contributed by atoms with E-state index in [0.717, 1.165) is 24.4 Å². The molecule has 0 spiro atoms. The summed E-state index contributed by atoms with van der Waals surface area (Å²) in [5.74, 6) is 0.804. The van der Waals surface area contributed by atoms with Crippen LogP contribution in [-0.2, 0) is 0 Å². The lowest BCUT2D eigenvalue weighted by Crippen LogP contribution is -2.42. The van der Waals surface area contributed by atoms with Crippen LogP contribution in [0.15, 0.2) is 41.6 Å². The average molecular weight is 337 g/mol. The Morgan fingerprint density at radius 3 is 3.00 bits per heavy atom. The van der Waals surface area contributed by atoms with Crippen LogP contribution in [0, 0.1) is 6.92 Å². The maximum absolute atomic E-state index is 12.9. The molecule has 0 unspecified atom stereocenters. The number of rotatable bonds is 2. The van der Waals surface area contributed by atoms with Crippen molar-refractivity contribution in [3.05, 3.63) is 64.2 Å². The maximum atomic E-state index is 12.9. The van der Waals surface area contributed by atoms with Crippen LogP contribution in [0.25, 0.3) is 5.65 Å². The molecular weight excluding hydrogens is 318 g/mol. The first-order chi connectivity index (χ1) is 12.1. The number of aromatic nitrogens is 4. The van der Waals surface area contributed by atoms with Crippen molar-refractivity contribution in [2.45, 2.75) is 25.7 Å². The highest BCUT2D eigenvalue weighted by Gasteiger charge is 2.28. The summed E-state index contributed by atoms with van der Waals surface area (Å²) in [4.78, 5) is 39.2. The first-order valence-electron chi connectivity index (χ1n) is 8.41. The van der Waals surface area contributed by atoms with Crippen LogP contribution in [0.5, 0.6) is 0 Å². The molecule has 0 aromatic carbocycles. The summed E-state index contributed by atoms with van der Waals surface area (Å²) in [6.45, 7) is 3.03. The van der Waals surface area contributed by atoms with E-state index in [4.69, 9.17) is 0 Å². The van der Waals surface area contributed by atoms with E-state index in [1.54, 1.807) is 23.4 Å². The molecule has 1 atom stereocenters. The summed E-state index contributed by atoms with van der Waals surface area (Å²) >= 11 is 0. The van der Waals surface area contributed by atoms with Crippen molar-refractivity contribution in [1.29, 1.82) is 0 Å². The molecule has 3 aromatic rings. The second kappa shape index (κ2) is 6.16. The third-order valence-corrected chi connectivity index (χ3v) is 4.77. The number of imidazole rings is 1. The molecule has 1 fully saturated rings. The smallest absolute Gasteiger partial charge is 0.270 e. The number of aryl methyl sites for hydroxylation is 1. The van der Waals surface area contributed by atoms with E-state index in [1.165, 1.54) is 10.6 Å². The van der Waals surface area contributed by atoms with E-state index >= 15 is 0 Å². The Morgan fingerprint density at radius 2 is 2.20 bits per heavy atom. The van der Waals surface area contributed by atoms with Gasteiger partial charge in [-0.25, -0.2) is 9.97 Å². The van der Waals surface area contributed by atoms with Gasteiger partial charge in [-0.15, -0.1) is 0 Å². The number of pyridine rings is 1. The first-order valence-corrected chi connectivity index (χ1v) is 8.41. The second-order valence-electron chi connectivity index (χ2n) is 6.40. The Kier molecular flexibility index (Phi) is 3.83. The third-order valence-electron chi connectivity index (χ3n) is 4.77. The molecule has 1 aliphatic heterocycles. The van der Waals surface area contributed by atoms with Crippen molar-refractivity contribution >= 4 is 11.6 Å². The normalized spacial score (nSPS) is 17.8. The Labute approximate surface area is 144 Å². The fourth-order valence-electron chi connectivity index (χ4n) is 3.48. The summed E-state index contributed by atoms with van der Waals surface area (Å²) < 4.78 is 1.49. The van der Waals surface area contributed by atoms with Crippen molar-refractivity contribution in [2.75, 3.05) is 13.1 Å². The predicted molar refractivity (Wildman–Crippen MR) is 92.7 cm³/mol. The molecule has 4 heterocycles. The van der Waals surface area contributed by atoms with Gasteiger partial charge in [0.25, 0.3) is 11.5 Å². The first kappa shape index (κ1) is 15.6. The molecule has 0 saturated carbocycles. The van der Waals surface area contributed by atoms with Gasteiger partial charge in [-0.1, -0.05) is 6.07 Å². The van der Waals surface area contributed by atoms with E-state index in [2.05, 4.69) is 15.0 Å². The highest BCUT2D eigenvalue weighted by Crippen LogP contribution is 2.25. The van der Waals surface area contributed by atoms with Gasteiger partial charge in [0, 0.05) is 43.3 Å². The molecule has 1 aliphatic rings. The minimum atomic E-state index is -0.312. The number of aromatic amines is 1. The zero-order chi connectivity index (χ0) is 17.4. The topological polar surface area (TPSA) is 83.4 Å². The maximum Gasteiger partial charge on any atom is 0.270 e. The van der Waals surface area contributed by atoms with Crippen LogP contribution < -0.4 is 5.56 Å². The van der Waals surface area contributed by atoms with Gasteiger partial charge in [-0.3, -0.25) is 14.0 Å². The molecule has 3 aromatic heterocycles. The van der Waals surface area contributed by atoms with Gasteiger partial charge >= 0.3 is 0 Å². The van der Waals surface area contributed by atoms with E-state index in [1.807, 2.05) is 19.1 Å². The van der Waals surface area contributed by atoms with Crippen molar-refractivity contribution in [3.8, 4) is 0 Å². The summed E-state index contributed by atoms with van der Waals surface area (Å²) in [5.41, 5.74) is 1.12. The van der Waals surface area contributed by atoms with E-state index in [-0.39, 0.29) is 22.9 Å². The van der Waals surface area contributed by atoms with E-state index in [0.29, 0.717) is 18.7 Å². The number of piperidine rings is 1. The minimum Gasteiger partial charge on any atom is -0.348 e. The average Bonchev–Trinajstić information content (AvgIpc) is 3.16. The highest BCUT2D eigenvalue weighted by molar-refractivity contribution is 5.93. The van der Waals surface area contributed by atoms with Crippen LogP contribution >= 0.6 is 0 Å². The van der Waals surface area contributed by atoms with Crippen molar-refractivity contribution in [2.24, 2.45) is 0 Å². The number of likely N-dealkylation sites (tertiary alicyclic amines) is 1. The quantitative estimate of drug-likeness (QED) is 0.772. The molecule has 0 radical (unpaired) electrons. The molecule has 1 N–H and O–H groups in total. The molecule has 0 aliphatic carbocycles. The number of hydrogen-bond donors (Lipinski definition) is 1. The van der Waals surface area contributed by atoms with Crippen LogP contribution in [-0.4, -0.2) is 43.2 Å². The summed E-state index contributed by atoms with van der Waals surface area (Å²) in [6, 6.07) is 5.44. The van der Waals surface area contributed by atoms with Gasteiger partial charge in [0.15, 0.2) is 0 Å². The van der Waals surface area contributed by atoms with Gasteiger partial charge in [0.1, 0.15) is 17.0 Å². The van der Waals surface area contributed by atoms with E-state index in [9.17, 15) is 9.59 Å². The number of hydrogen-bond acceptors (Lipinski definition) is 4. The lowest BCUT2D eigenvalue weighted by atomic mass is 9.97. The molecule has 4 rings (SSSR count). The zero-order valence-corrected chi connectivity index (χ0v) is 14.0. The fraction of sp³-hybridized carbons (Fsp3) is 0.333. The van der Waals surface area contributed by atoms with Crippen molar-refractivity contribution in [3.63, 3.8) is 0 Å². The Hall–Kier alpha value is -2.96. The predicted octanol–water partition coefficient (Wildman–Crippen LogP) is 1.75. The Morgan fingerprint density at radius 1 is 1.32 bits per heavy atom. The molecule has 7 nitrogen and oxygen atoms in total. The highest BCUT2D eigenvalue weighted by atomic mass is 16.2. The van der Waals surface area contributed by atoms with Gasteiger partial charge in [-0.05, 0) is 31.9 Å². The third kappa shape index (κ3) is 2.71. The van der Waals surface area contributed by atoms with Crippen LogP contribution in [0.2, 0.25) is 0 Å². The fourth-order valence-corrected chi connectivity index (χ4v) is 3.48. The van der Waals surface area contributed by atoms with Gasteiger partial charge < -0.3 is 9.88 Å². The molecule has 128 valence electrons. The standard InChI is InChI=1S/C18H19N5O2/c1-12-4-2-6-15-21-10-14(18(25)23(12)15)17(24)22-9-3-5-13(11-22)16-19-7-8-20-16/h2,4,6-8,10,13H,3,5,9,11H2,1H3,(H,19,20)/t13-/m0/s1. The number of fused-ring (bicyclic) bond motifs is 1. The van der Waals surface area contributed by atoms with Crippen LogP contribution in [0.1, 0.15) is 40.6 Å². The van der Waals surface area contributed by atoms with Gasteiger partial charge in [-0.2, -0.15) is 0 Å². The lowest BCUT2D eigenvalue weighted by Gasteiger charge is -2.31. The number of carbonyl (C=O) groups excluding carboxylic acids is 1. The van der Waals surface area contributed by atoms with Crippen molar-refractivity contribution in [1.82, 2.24) is 24.3 Å². The Bertz CT molecular complexity index is 977. The minimum absolute atomic E-state index is 0.117. The van der Waals surface area contributed by atoms with Crippen molar-refractivity contribution < 1.29 is 4.79 Å². The zero-order valence-electron chi connectivity index (χ0n) is 14.0.